The van der Waals surface area contributed by atoms with Gasteiger partial charge < -0.3 is 123 Å². The molecule has 554 valence electrons. The maximum atomic E-state index is 10.3. The summed E-state index contributed by atoms with van der Waals surface area (Å²) in [6, 6.07) is 0. The quantitative estimate of drug-likeness (QED) is 0.0389. The molecule has 90 heavy (non-hydrogen) atoms. The first-order valence-electron chi connectivity index (χ1n) is 32.9. The Bertz CT molecular complexity index is 1010. The van der Waals surface area contributed by atoms with Gasteiger partial charge in [0.25, 0.3) is 0 Å². The van der Waals surface area contributed by atoms with Gasteiger partial charge in [-0.2, -0.15) is 0 Å². The van der Waals surface area contributed by atoms with E-state index in [0.29, 0.717) is 19.3 Å². The van der Waals surface area contributed by atoms with Crippen LogP contribution in [0.25, 0.3) is 0 Å². The Kier molecular flexibility index (Phi) is 128. The summed E-state index contributed by atoms with van der Waals surface area (Å²) in [5.74, 6) is -1.97. The van der Waals surface area contributed by atoms with Crippen molar-refractivity contribution in [1.82, 2.24) is 0 Å². The highest BCUT2D eigenvalue weighted by Gasteiger charge is 2.01. The van der Waals surface area contributed by atoms with Gasteiger partial charge in [-0.3, -0.25) is 14.4 Å². The van der Waals surface area contributed by atoms with Gasteiger partial charge >= 0.3 is 17.9 Å². The minimum Gasteiger partial charge on any atom is -0.481 e. The van der Waals surface area contributed by atoms with Crippen LogP contribution < -0.4 is 0 Å². The van der Waals surface area contributed by atoms with Crippen molar-refractivity contribution in [3.8, 4) is 0 Å². The summed E-state index contributed by atoms with van der Waals surface area (Å²) in [5.41, 5.74) is 0. The molecule has 0 fully saturated rings. The maximum absolute atomic E-state index is 10.3. The van der Waals surface area contributed by atoms with Crippen molar-refractivity contribution in [2.45, 2.75) is 295 Å². The van der Waals surface area contributed by atoms with Crippen LogP contribution in [0.1, 0.15) is 252 Å². The normalized spacial score (nSPS) is 10.3. The molecule has 0 bridgehead atoms. The number of aliphatic carboxylic acids is 3. The molecule has 0 aliphatic heterocycles. The molecule has 0 unspecified atom stereocenters. The second-order valence-corrected chi connectivity index (χ2v) is 21.2. The van der Waals surface area contributed by atoms with Crippen LogP contribution in [0, 0.1) is 0 Å². The molecule has 27 nitrogen and oxygen atoms in total. The maximum Gasteiger partial charge on any atom is 0.303 e. The highest BCUT2D eigenvalue weighted by atomic mass is 16.4. The number of rotatable bonds is 50. The van der Waals surface area contributed by atoms with Crippen molar-refractivity contribution in [3.05, 3.63) is 0 Å². The fraction of sp³-hybridized carbons (Fsp3) is 0.952. The summed E-state index contributed by atoms with van der Waals surface area (Å²) in [4.78, 5) is 30.8. The van der Waals surface area contributed by atoms with Gasteiger partial charge in [0.2, 0.25) is 0 Å². The molecule has 0 rings (SSSR count). The molecule has 0 aromatic heterocycles. The zero-order chi connectivity index (χ0) is 71.1. The first kappa shape index (κ1) is 109. The number of hydrogen-bond donors (Lipinski definition) is 24. The molecule has 0 atom stereocenters. The van der Waals surface area contributed by atoms with E-state index in [1.807, 2.05) is 0 Å². The average Bonchev–Trinajstić information content (AvgIpc) is 3.56. The molecular weight excluding hydrogens is 1190 g/mol. The molecule has 0 aromatic carbocycles. The molecule has 0 aliphatic carbocycles. The number of aliphatic hydroxyl groups is 21. The van der Waals surface area contributed by atoms with Gasteiger partial charge in [0.1, 0.15) is 42.7 Å². The van der Waals surface area contributed by atoms with Crippen molar-refractivity contribution in [2.75, 3.05) is 92.5 Å². The van der Waals surface area contributed by atoms with E-state index < -0.39 is 60.6 Å². The highest BCUT2D eigenvalue weighted by Crippen LogP contribution is 2.14. The minimum absolute atomic E-state index is 0.344. The van der Waals surface area contributed by atoms with Crippen LogP contribution in [-0.2, 0) is 14.4 Å². The van der Waals surface area contributed by atoms with E-state index in [9.17, 15) is 14.4 Å². The molecule has 0 saturated carbocycles. The fourth-order valence-corrected chi connectivity index (χ4v) is 6.23. The fourth-order valence-electron chi connectivity index (χ4n) is 6.23. The van der Waals surface area contributed by atoms with Gasteiger partial charge in [0.15, 0.2) is 0 Å². The molecule has 0 heterocycles. The lowest BCUT2D eigenvalue weighted by Crippen LogP contribution is -2.15. The van der Waals surface area contributed by atoms with Crippen molar-refractivity contribution < 1.29 is 137 Å². The molecule has 24 N–H and O–H groups in total. The Morgan fingerprint density at radius 2 is 0.278 bits per heavy atom. The Morgan fingerprint density at radius 1 is 0.189 bits per heavy atom. The third kappa shape index (κ3) is 147. The number of aliphatic hydroxyl groups excluding tert-OH is 21. The van der Waals surface area contributed by atoms with Gasteiger partial charge in [-0.05, 0) is 19.3 Å². The number of carboxylic acids is 3. The van der Waals surface area contributed by atoms with Crippen LogP contribution in [-0.4, -0.2) is 276 Å². The Morgan fingerprint density at radius 3 is 0.344 bits per heavy atom. The first-order chi connectivity index (χ1) is 43.0. The summed E-state index contributed by atoms with van der Waals surface area (Å²) >= 11 is 0. The van der Waals surface area contributed by atoms with E-state index in [1.165, 1.54) is 173 Å². The Labute approximate surface area is 540 Å². The molecule has 0 radical (unpaired) electrons. The molecule has 27 heteroatoms. The predicted octanol–water partition coefficient (Wildman–Crippen LogP) is 2.64. The van der Waals surface area contributed by atoms with Gasteiger partial charge in [-0.15, -0.1) is 0 Å². The van der Waals surface area contributed by atoms with E-state index in [0.717, 1.165) is 38.5 Å². The Hall–Kier alpha value is -2.43. The van der Waals surface area contributed by atoms with Gasteiger partial charge in [0, 0.05) is 19.3 Å². The van der Waals surface area contributed by atoms with E-state index in [4.69, 9.17) is 123 Å². The number of carbonyl (C=O) groups is 3. The molecule has 0 spiro atoms. The van der Waals surface area contributed by atoms with Crippen molar-refractivity contribution >= 4 is 17.9 Å². The van der Waals surface area contributed by atoms with Crippen LogP contribution >= 0.6 is 0 Å². The SMILES string of the molecule is CCCCCCCCCCCCCC(=O)O.CCCCCCCCCCCCCC(=O)O.CCCCCCCCCCCCCC(=O)O.OCC(O)CO.OCC(O)CO.OCC(O)CO.OCC(O)CO.OCC(O)CO.OCC(O)CO.OCC(O)CO. The lowest BCUT2D eigenvalue weighted by atomic mass is 10.1. The van der Waals surface area contributed by atoms with Crippen LogP contribution in [0.3, 0.4) is 0 Å². The summed E-state index contributed by atoms with van der Waals surface area (Å²) in [6.45, 7) is 1.64. The summed E-state index contributed by atoms with van der Waals surface area (Å²) < 4.78 is 0. The van der Waals surface area contributed by atoms with E-state index in [2.05, 4.69) is 20.8 Å². The minimum atomic E-state index is -0.954. The first-order valence-corrected chi connectivity index (χ1v) is 32.9. The van der Waals surface area contributed by atoms with Crippen LogP contribution in [0.15, 0.2) is 0 Å². The highest BCUT2D eigenvalue weighted by molar-refractivity contribution is 5.67. The van der Waals surface area contributed by atoms with E-state index in [1.54, 1.807) is 0 Å². The second-order valence-electron chi connectivity index (χ2n) is 21.2. The third-order valence-electron chi connectivity index (χ3n) is 11.9. The zero-order valence-corrected chi connectivity index (χ0v) is 55.9. The molecule has 0 amide bonds. The summed E-state index contributed by atoms with van der Waals surface area (Å²) in [7, 11) is 0. The number of unbranched alkanes of at least 4 members (excludes halogenated alkanes) is 30. The monoisotopic (exact) mass is 1330 g/mol. The van der Waals surface area contributed by atoms with Gasteiger partial charge in [-0.1, -0.05) is 213 Å². The van der Waals surface area contributed by atoms with Gasteiger partial charge in [-0.25, -0.2) is 0 Å². The van der Waals surface area contributed by atoms with Crippen LogP contribution in [0.4, 0.5) is 0 Å². The largest absolute Gasteiger partial charge is 0.481 e. The molecule has 0 aromatic rings. The van der Waals surface area contributed by atoms with E-state index in [-0.39, 0.29) is 92.5 Å². The van der Waals surface area contributed by atoms with Crippen molar-refractivity contribution in [1.29, 1.82) is 0 Å². The van der Waals surface area contributed by atoms with Crippen LogP contribution in [0.5, 0.6) is 0 Å². The van der Waals surface area contributed by atoms with Crippen molar-refractivity contribution in [2.24, 2.45) is 0 Å². The topological polar surface area (TPSA) is 537 Å². The van der Waals surface area contributed by atoms with Gasteiger partial charge in [0.05, 0.1) is 92.5 Å². The third-order valence-corrected chi connectivity index (χ3v) is 11.9. The second kappa shape index (κ2) is 105. The standard InChI is InChI=1S/3C14H28O2.7C3H8O3/c3*1-2-3-4-5-6-7-8-9-10-11-12-13-14(15)16;7*4-1-3(6)2-5/h3*2-13H2,1H3,(H,15,16);7*3-6H,1-2H2. The molecular formula is C63H140O27. The zero-order valence-electron chi connectivity index (χ0n) is 55.9. The summed E-state index contributed by atoms with van der Waals surface area (Å²) in [5, 5.41) is 193. The predicted molar refractivity (Wildman–Crippen MR) is 347 cm³/mol. The van der Waals surface area contributed by atoms with Crippen LogP contribution in [0.2, 0.25) is 0 Å². The number of hydrogen-bond acceptors (Lipinski definition) is 24. The summed E-state index contributed by atoms with van der Waals surface area (Å²) in [6.07, 6.45) is 36.4. The lowest BCUT2D eigenvalue weighted by Gasteiger charge is -2.01. The average molecular weight is 1330 g/mol. The molecule has 0 saturated heterocycles. The molecule has 0 aliphatic rings. The lowest BCUT2D eigenvalue weighted by molar-refractivity contribution is -0.138. The smallest absolute Gasteiger partial charge is 0.303 e. The van der Waals surface area contributed by atoms with E-state index >= 15 is 0 Å². The number of carboxylic acid groups (broad SMARTS) is 3. The van der Waals surface area contributed by atoms with Crippen molar-refractivity contribution in [3.63, 3.8) is 0 Å². The Balaban J connectivity index is -0.000000102.